The van der Waals surface area contributed by atoms with Gasteiger partial charge in [0.1, 0.15) is 17.6 Å². The lowest BCUT2D eigenvalue weighted by Crippen LogP contribution is -2.43. The van der Waals surface area contributed by atoms with Gasteiger partial charge >= 0.3 is 0 Å². The Balaban J connectivity index is 3.00. The summed E-state index contributed by atoms with van der Waals surface area (Å²) in [5.74, 6) is 1.08. The number of hydrogen-bond acceptors (Lipinski definition) is 4. The number of ether oxygens (including phenoxy) is 1. The van der Waals surface area contributed by atoms with Gasteiger partial charge in [-0.2, -0.15) is 5.26 Å². The maximum absolute atomic E-state index is 11.1. The van der Waals surface area contributed by atoms with E-state index in [0.717, 1.165) is 0 Å². The first kappa shape index (κ1) is 16.3. The van der Waals surface area contributed by atoms with Gasteiger partial charge in [-0.05, 0) is 36.3 Å². The van der Waals surface area contributed by atoms with Gasteiger partial charge in [0.2, 0.25) is 8.32 Å². The first-order chi connectivity index (χ1) is 9.21. The zero-order valence-electron chi connectivity index (χ0n) is 12.7. The highest BCUT2D eigenvalue weighted by atomic mass is 28.4. The molecule has 20 heavy (non-hydrogen) atoms. The van der Waals surface area contributed by atoms with Crippen LogP contribution in [0, 0.1) is 11.3 Å². The molecule has 0 aliphatic rings. The largest absolute Gasteiger partial charge is 0.543 e. The van der Waals surface area contributed by atoms with Crippen LogP contribution in [-0.4, -0.2) is 21.2 Å². The Morgan fingerprint density at radius 2 is 2.00 bits per heavy atom. The zero-order chi connectivity index (χ0) is 15.4. The summed E-state index contributed by atoms with van der Waals surface area (Å²) in [6.07, 6.45) is 0.714. The summed E-state index contributed by atoms with van der Waals surface area (Å²) in [4.78, 5) is 11.1. The Morgan fingerprint density at radius 1 is 1.35 bits per heavy atom. The quantitative estimate of drug-likeness (QED) is 0.612. The first-order valence-corrected chi connectivity index (χ1v) is 9.40. The fourth-order valence-corrected chi connectivity index (χ4v) is 2.39. The Morgan fingerprint density at radius 3 is 2.50 bits per heavy atom. The molecule has 0 spiro atoms. The molecule has 0 aliphatic heterocycles. The predicted octanol–water partition coefficient (Wildman–Crippen LogP) is 3.79. The molecule has 108 valence electrons. The standard InChI is InChI=1S/C15H21NO3Si/c1-15(2,3)20(4,5)19-13-6-7-14(18-9-8-16)12(10-13)11-17/h6-7,10-11H,9H2,1-5H3. The average molecular weight is 291 g/mol. The van der Waals surface area contributed by atoms with E-state index in [1.165, 1.54) is 0 Å². The van der Waals surface area contributed by atoms with Crippen LogP contribution in [0.25, 0.3) is 0 Å². The molecule has 0 radical (unpaired) electrons. The van der Waals surface area contributed by atoms with Crippen LogP contribution < -0.4 is 9.16 Å². The molecule has 0 aromatic heterocycles. The van der Waals surface area contributed by atoms with Gasteiger partial charge in [-0.15, -0.1) is 0 Å². The third kappa shape index (κ3) is 3.84. The van der Waals surface area contributed by atoms with Crippen LogP contribution in [0.3, 0.4) is 0 Å². The van der Waals surface area contributed by atoms with Gasteiger partial charge in [0.05, 0.1) is 5.56 Å². The van der Waals surface area contributed by atoms with E-state index in [1.807, 2.05) is 6.07 Å². The third-order valence-corrected chi connectivity index (χ3v) is 7.94. The van der Waals surface area contributed by atoms with Crippen LogP contribution in [0.1, 0.15) is 31.1 Å². The van der Waals surface area contributed by atoms with Crippen molar-refractivity contribution in [2.24, 2.45) is 0 Å². The summed E-state index contributed by atoms with van der Waals surface area (Å²) in [6, 6.07) is 6.99. The van der Waals surface area contributed by atoms with E-state index in [-0.39, 0.29) is 11.6 Å². The van der Waals surface area contributed by atoms with E-state index in [0.29, 0.717) is 23.3 Å². The monoisotopic (exact) mass is 291 g/mol. The van der Waals surface area contributed by atoms with Crippen molar-refractivity contribution in [1.82, 2.24) is 0 Å². The summed E-state index contributed by atoms with van der Waals surface area (Å²) in [5, 5.41) is 8.59. The van der Waals surface area contributed by atoms with Gasteiger partial charge in [-0.25, -0.2) is 0 Å². The second-order valence-corrected chi connectivity index (χ2v) is 10.9. The molecule has 0 atom stereocenters. The molecular formula is C15H21NO3Si. The number of nitriles is 1. The maximum atomic E-state index is 11.1. The normalized spacial score (nSPS) is 11.6. The van der Waals surface area contributed by atoms with Crippen LogP contribution in [0.4, 0.5) is 0 Å². The Bertz CT molecular complexity index is 527. The average Bonchev–Trinajstić information content (AvgIpc) is 2.35. The Hall–Kier alpha value is -1.80. The molecule has 0 fully saturated rings. The molecule has 1 aromatic rings. The minimum atomic E-state index is -1.93. The third-order valence-electron chi connectivity index (χ3n) is 3.58. The van der Waals surface area contributed by atoms with Crippen LogP contribution in [0.2, 0.25) is 18.1 Å². The molecule has 0 amide bonds. The second kappa shape index (κ2) is 6.10. The summed E-state index contributed by atoms with van der Waals surface area (Å²) in [5.41, 5.74) is 0.399. The van der Waals surface area contributed by atoms with Crippen molar-refractivity contribution in [3.8, 4) is 17.6 Å². The minimum Gasteiger partial charge on any atom is -0.543 e. The summed E-state index contributed by atoms with van der Waals surface area (Å²) in [7, 11) is -1.93. The van der Waals surface area contributed by atoms with Gasteiger partial charge in [-0.3, -0.25) is 4.79 Å². The van der Waals surface area contributed by atoms with Crippen molar-refractivity contribution in [2.75, 3.05) is 6.61 Å². The maximum Gasteiger partial charge on any atom is 0.250 e. The molecule has 1 aromatic carbocycles. The second-order valence-electron chi connectivity index (χ2n) is 6.13. The molecule has 4 nitrogen and oxygen atoms in total. The van der Waals surface area contributed by atoms with E-state index >= 15 is 0 Å². The highest BCUT2D eigenvalue weighted by molar-refractivity contribution is 6.74. The lowest BCUT2D eigenvalue weighted by molar-refractivity contribution is 0.112. The lowest BCUT2D eigenvalue weighted by atomic mass is 10.2. The highest BCUT2D eigenvalue weighted by Crippen LogP contribution is 2.38. The molecule has 0 heterocycles. The molecule has 5 heteroatoms. The van der Waals surface area contributed by atoms with Gasteiger partial charge in [0.25, 0.3) is 0 Å². The summed E-state index contributed by atoms with van der Waals surface area (Å²) < 4.78 is 11.3. The van der Waals surface area contributed by atoms with Gasteiger partial charge in [0.15, 0.2) is 12.9 Å². The van der Waals surface area contributed by atoms with E-state index in [9.17, 15) is 4.79 Å². The minimum absolute atomic E-state index is 0.0801. The first-order valence-electron chi connectivity index (χ1n) is 6.49. The molecule has 1 rings (SSSR count). The molecule has 0 saturated carbocycles. The number of carbonyl (C=O) groups is 1. The Kier molecular flexibility index (Phi) is 4.96. The molecule has 0 bridgehead atoms. The van der Waals surface area contributed by atoms with Crippen molar-refractivity contribution in [3.05, 3.63) is 23.8 Å². The predicted molar refractivity (Wildman–Crippen MR) is 80.8 cm³/mol. The number of rotatable bonds is 5. The molecule has 0 saturated heterocycles. The smallest absolute Gasteiger partial charge is 0.250 e. The van der Waals surface area contributed by atoms with E-state index < -0.39 is 8.32 Å². The van der Waals surface area contributed by atoms with Crippen LogP contribution in [-0.2, 0) is 0 Å². The number of carbonyl (C=O) groups excluding carboxylic acids is 1. The van der Waals surface area contributed by atoms with Crippen LogP contribution >= 0.6 is 0 Å². The fraction of sp³-hybridized carbons (Fsp3) is 0.467. The van der Waals surface area contributed by atoms with Gasteiger partial charge in [-0.1, -0.05) is 20.8 Å². The number of aldehydes is 1. The fourth-order valence-electron chi connectivity index (χ4n) is 1.37. The van der Waals surface area contributed by atoms with Crippen LogP contribution in [0.15, 0.2) is 18.2 Å². The number of hydrogen-bond donors (Lipinski definition) is 0. The van der Waals surface area contributed by atoms with E-state index in [1.54, 1.807) is 18.2 Å². The summed E-state index contributed by atoms with van der Waals surface area (Å²) >= 11 is 0. The van der Waals surface area contributed by atoms with Crippen molar-refractivity contribution in [3.63, 3.8) is 0 Å². The van der Waals surface area contributed by atoms with Crippen LogP contribution in [0.5, 0.6) is 11.5 Å². The summed E-state index contributed by atoms with van der Waals surface area (Å²) in [6.45, 7) is 10.7. The van der Waals surface area contributed by atoms with E-state index in [4.69, 9.17) is 14.4 Å². The van der Waals surface area contributed by atoms with Crippen molar-refractivity contribution >= 4 is 14.6 Å². The highest BCUT2D eigenvalue weighted by Gasteiger charge is 2.39. The molecule has 0 N–H and O–H groups in total. The van der Waals surface area contributed by atoms with Crippen molar-refractivity contribution < 1.29 is 14.0 Å². The molecule has 0 aliphatic carbocycles. The molecule has 0 unspecified atom stereocenters. The van der Waals surface area contributed by atoms with Gasteiger partial charge < -0.3 is 9.16 Å². The Labute approximate surface area is 121 Å². The zero-order valence-corrected chi connectivity index (χ0v) is 13.7. The van der Waals surface area contributed by atoms with Gasteiger partial charge in [0, 0.05) is 0 Å². The van der Waals surface area contributed by atoms with E-state index in [2.05, 4.69) is 33.9 Å². The van der Waals surface area contributed by atoms with Crippen molar-refractivity contribution in [1.29, 1.82) is 5.26 Å². The lowest BCUT2D eigenvalue weighted by Gasteiger charge is -2.36. The SMILES string of the molecule is CC(C)(C)[Si](C)(C)Oc1ccc(OCC#N)c(C=O)c1. The van der Waals surface area contributed by atoms with Crippen molar-refractivity contribution in [2.45, 2.75) is 38.9 Å². The topological polar surface area (TPSA) is 59.3 Å². The molecular weight excluding hydrogens is 270 g/mol. The number of benzene rings is 1. The number of nitrogens with zero attached hydrogens (tertiary/aromatic N) is 1.